The fourth-order valence-electron chi connectivity index (χ4n) is 2.19. The van der Waals surface area contributed by atoms with Crippen LogP contribution >= 0.6 is 0 Å². The molecule has 3 aromatic rings. The molecule has 1 aromatic carbocycles. The number of rotatable bonds is 3. The van der Waals surface area contributed by atoms with E-state index in [0.717, 1.165) is 22.3 Å². The molecule has 2 heterocycles. The summed E-state index contributed by atoms with van der Waals surface area (Å²) in [6.45, 7) is 0. The molecule has 0 amide bonds. The number of nitrogens with zero attached hydrogens (tertiary/aromatic N) is 2. The summed E-state index contributed by atoms with van der Waals surface area (Å²) in [6.07, 6.45) is 7.64. The molecule has 3 rings (SSSR count). The quantitative estimate of drug-likeness (QED) is 0.717. The van der Waals surface area contributed by atoms with Gasteiger partial charge in [-0.25, -0.2) is 4.39 Å². The third kappa shape index (κ3) is 2.88. The van der Waals surface area contributed by atoms with Crippen molar-refractivity contribution in [2.75, 3.05) is 0 Å². The minimum atomic E-state index is -0.231. The van der Waals surface area contributed by atoms with E-state index < -0.39 is 0 Å². The summed E-state index contributed by atoms with van der Waals surface area (Å²) in [6, 6.07) is 12.7. The molecule has 0 radical (unpaired) electrons. The summed E-state index contributed by atoms with van der Waals surface area (Å²) in [7, 11) is 0. The van der Waals surface area contributed by atoms with Crippen LogP contribution in [0.2, 0.25) is 0 Å². The highest BCUT2D eigenvalue weighted by Crippen LogP contribution is 2.22. The van der Waals surface area contributed by atoms with Gasteiger partial charge >= 0.3 is 0 Å². The highest BCUT2D eigenvalue weighted by molar-refractivity contribution is 5.63. The van der Waals surface area contributed by atoms with Crippen molar-refractivity contribution in [3.63, 3.8) is 0 Å². The summed E-state index contributed by atoms with van der Waals surface area (Å²) >= 11 is 0. The smallest absolute Gasteiger partial charge is 0.124 e. The second-order valence-electron chi connectivity index (χ2n) is 4.63. The molecule has 20 heavy (non-hydrogen) atoms. The average molecular weight is 264 g/mol. The molecular weight excluding hydrogens is 251 g/mol. The van der Waals surface area contributed by atoms with Crippen molar-refractivity contribution in [3.05, 3.63) is 84.2 Å². The van der Waals surface area contributed by atoms with E-state index in [1.54, 1.807) is 30.9 Å². The number of pyridine rings is 2. The standard InChI is InChI=1S/C17H13FN2/c18-17-9-14(7-13-3-1-5-19-11-13)8-16(10-17)15-4-2-6-20-12-15/h1-6,8-12H,7H2. The van der Waals surface area contributed by atoms with Crippen LogP contribution in [0.1, 0.15) is 11.1 Å². The van der Waals surface area contributed by atoms with E-state index in [9.17, 15) is 4.39 Å². The zero-order valence-corrected chi connectivity index (χ0v) is 10.8. The van der Waals surface area contributed by atoms with Gasteiger partial charge in [-0.1, -0.05) is 18.2 Å². The normalized spacial score (nSPS) is 10.4. The molecular formula is C17H13FN2. The Balaban J connectivity index is 1.95. The largest absolute Gasteiger partial charge is 0.264 e. The maximum Gasteiger partial charge on any atom is 0.124 e. The molecule has 0 aliphatic rings. The monoisotopic (exact) mass is 264 g/mol. The number of halogens is 1. The topological polar surface area (TPSA) is 25.8 Å². The van der Waals surface area contributed by atoms with Crippen molar-refractivity contribution in [1.82, 2.24) is 9.97 Å². The van der Waals surface area contributed by atoms with Crippen molar-refractivity contribution in [2.24, 2.45) is 0 Å². The lowest BCUT2D eigenvalue weighted by atomic mass is 10.0. The first-order valence-electron chi connectivity index (χ1n) is 6.40. The number of aromatic nitrogens is 2. The second-order valence-corrected chi connectivity index (χ2v) is 4.63. The Morgan fingerprint density at radius 1 is 0.800 bits per heavy atom. The molecule has 0 unspecified atom stereocenters. The maximum atomic E-state index is 13.8. The Morgan fingerprint density at radius 2 is 1.60 bits per heavy atom. The van der Waals surface area contributed by atoms with Crippen molar-refractivity contribution < 1.29 is 4.39 Å². The van der Waals surface area contributed by atoms with Gasteiger partial charge in [0.2, 0.25) is 0 Å². The van der Waals surface area contributed by atoms with Gasteiger partial charge in [-0.05, 0) is 47.4 Å². The van der Waals surface area contributed by atoms with Gasteiger partial charge in [-0.2, -0.15) is 0 Å². The van der Waals surface area contributed by atoms with E-state index in [-0.39, 0.29) is 5.82 Å². The molecule has 0 saturated heterocycles. The highest BCUT2D eigenvalue weighted by Gasteiger charge is 2.04. The molecule has 0 spiro atoms. The van der Waals surface area contributed by atoms with E-state index in [1.165, 1.54) is 6.07 Å². The fraction of sp³-hybridized carbons (Fsp3) is 0.0588. The summed E-state index contributed by atoms with van der Waals surface area (Å²) < 4.78 is 13.8. The van der Waals surface area contributed by atoms with E-state index in [0.29, 0.717) is 6.42 Å². The Labute approximate surface area is 117 Å². The van der Waals surface area contributed by atoms with Crippen LogP contribution in [0.25, 0.3) is 11.1 Å². The first-order chi connectivity index (χ1) is 9.81. The number of hydrogen-bond donors (Lipinski definition) is 0. The van der Waals surface area contributed by atoms with Crippen LogP contribution in [0.3, 0.4) is 0 Å². The van der Waals surface area contributed by atoms with Gasteiger partial charge in [-0.3, -0.25) is 9.97 Å². The van der Waals surface area contributed by atoms with Crippen LogP contribution < -0.4 is 0 Å². The summed E-state index contributed by atoms with van der Waals surface area (Å²) in [5.74, 6) is -0.231. The first kappa shape index (κ1) is 12.5. The van der Waals surface area contributed by atoms with Crippen LogP contribution in [0.4, 0.5) is 4.39 Å². The minimum absolute atomic E-state index is 0.231. The lowest BCUT2D eigenvalue weighted by Gasteiger charge is -2.06. The van der Waals surface area contributed by atoms with Gasteiger partial charge in [0.15, 0.2) is 0 Å². The molecule has 2 nitrogen and oxygen atoms in total. The zero-order valence-electron chi connectivity index (χ0n) is 10.8. The van der Waals surface area contributed by atoms with Crippen molar-refractivity contribution >= 4 is 0 Å². The van der Waals surface area contributed by atoms with E-state index in [2.05, 4.69) is 9.97 Å². The van der Waals surface area contributed by atoms with Gasteiger partial charge < -0.3 is 0 Å². The SMILES string of the molecule is Fc1cc(Cc2cccnc2)cc(-c2cccnc2)c1. The summed E-state index contributed by atoms with van der Waals surface area (Å²) in [5.41, 5.74) is 3.75. The third-order valence-electron chi connectivity index (χ3n) is 3.08. The summed E-state index contributed by atoms with van der Waals surface area (Å²) in [5, 5.41) is 0. The van der Waals surface area contributed by atoms with Crippen molar-refractivity contribution in [3.8, 4) is 11.1 Å². The highest BCUT2D eigenvalue weighted by atomic mass is 19.1. The van der Waals surface area contributed by atoms with Gasteiger partial charge in [0.1, 0.15) is 5.82 Å². The lowest BCUT2D eigenvalue weighted by molar-refractivity contribution is 0.626. The molecule has 3 heteroatoms. The molecule has 0 saturated carbocycles. The Kier molecular flexibility index (Phi) is 3.50. The van der Waals surface area contributed by atoms with Crippen LogP contribution in [-0.4, -0.2) is 9.97 Å². The lowest BCUT2D eigenvalue weighted by Crippen LogP contribution is -1.92. The Hall–Kier alpha value is -2.55. The third-order valence-corrected chi connectivity index (χ3v) is 3.08. The minimum Gasteiger partial charge on any atom is -0.264 e. The molecule has 0 N–H and O–H groups in total. The zero-order chi connectivity index (χ0) is 13.8. The molecule has 0 fully saturated rings. The molecule has 0 aliphatic carbocycles. The van der Waals surface area contributed by atoms with Crippen LogP contribution in [0.15, 0.2) is 67.3 Å². The van der Waals surface area contributed by atoms with E-state index in [4.69, 9.17) is 0 Å². The van der Waals surface area contributed by atoms with Gasteiger partial charge in [0.25, 0.3) is 0 Å². The maximum absolute atomic E-state index is 13.8. The van der Waals surface area contributed by atoms with E-state index in [1.807, 2.05) is 30.3 Å². The van der Waals surface area contributed by atoms with Crippen LogP contribution in [-0.2, 0) is 6.42 Å². The molecule has 98 valence electrons. The first-order valence-corrected chi connectivity index (χ1v) is 6.40. The van der Waals surface area contributed by atoms with Gasteiger partial charge in [-0.15, -0.1) is 0 Å². The Morgan fingerprint density at radius 3 is 2.30 bits per heavy atom. The predicted molar refractivity (Wildman–Crippen MR) is 76.7 cm³/mol. The van der Waals surface area contributed by atoms with Crippen molar-refractivity contribution in [2.45, 2.75) is 6.42 Å². The van der Waals surface area contributed by atoms with Gasteiger partial charge in [0.05, 0.1) is 0 Å². The molecule has 0 bridgehead atoms. The predicted octanol–water partition coefficient (Wildman–Crippen LogP) is 3.87. The fourth-order valence-corrected chi connectivity index (χ4v) is 2.19. The van der Waals surface area contributed by atoms with E-state index >= 15 is 0 Å². The average Bonchev–Trinajstić information content (AvgIpc) is 2.49. The Bertz CT molecular complexity index is 697. The van der Waals surface area contributed by atoms with Crippen LogP contribution in [0, 0.1) is 5.82 Å². The summed E-state index contributed by atoms with van der Waals surface area (Å²) in [4.78, 5) is 8.15. The second kappa shape index (κ2) is 5.61. The number of hydrogen-bond acceptors (Lipinski definition) is 2. The molecule has 0 atom stereocenters. The molecule has 2 aromatic heterocycles. The van der Waals surface area contributed by atoms with Gasteiger partial charge in [0, 0.05) is 30.4 Å². The molecule has 0 aliphatic heterocycles. The van der Waals surface area contributed by atoms with Crippen LogP contribution in [0.5, 0.6) is 0 Å². The number of benzene rings is 1. The van der Waals surface area contributed by atoms with Crippen molar-refractivity contribution in [1.29, 1.82) is 0 Å².